The second kappa shape index (κ2) is 6.66. The molecule has 1 N–H and O–H groups in total. The predicted molar refractivity (Wildman–Crippen MR) is 85.3 cm³/mol. The van der Waals surface area contributed by atoms with Gasteiger partial charge in [0.1, 0.15) is 17.3 Å². The number of nitrogens with one attached hydrogen (secondary N) is 1. The van der Waals surface area contributed by atoms with E-state index in [0.717, 1.165) is 5.76 Å². The quantitative estimate of drug-likeness (QED) is 0.677. The molecule has 1 amide bonds. The highest BCUT2D eigenvalue weighted by atomic mass is 35.5. The number of furan rings is 1. The minimum atomic E-state index is -1.08. The lowest BCUT2D eigenvalue weighted by molar-refractivity contribution is -0.134. The third-order valence-corrected chi connectivity index (χ3v) is 3.10. The number of hydrogen-bond donors (Lipinski definition) is 1. The van der Waals surface area contributed by atoms with Crippen LogP contribution in [0.1, 0.15) is 25.4 Å². The molecule has 1 aromatic carbocycles. The fourth-order valence-corrected chi connectivity index (χ4v) is 1.78. The molecule has 116 valence electrons. The Kier molecular flexibility index (Phi) is 4.88. The highest BCUT2D eigenvalue weighted by Crippen LogP contribution is 2.20. The molecule has 0 fully saturated rings. The van der Waals surface area contributed by atoms with Gasteiger partial charge in [-0.3, -0.25) is 4.79 Å². The fourth-order valence-electron chi connectivity index (χ4n) is 1.66. The van der Waals surface area contributed by atoms with Crippen LogP contribution in [0.2, 0.25) is 5.02 Å². The molecule has 0 saturated heterocycles. The number of carbonyl (C=O) groups excluding carboxylic acids is 1. The average Bonchev–Trinajstić information content (AvgIpc) is 2.87. The molecular weight excluding hydrogens is 304 g/mol. The fraction of sp³-hybridized carbons (Fsp3) is 0.250. The molecule has 6 heteroatoms. The summed E-state index contributed by atoms with van der Waals surface area (Å²) in [4.78, 5) is 12.1. The summed E-state index contributed by atoms with van der Waals surface area (Å²) in [6.07, 6.45) is 1.43. The first-order valence-corrected chi connectivity index (χ1v) is 7.09. The standard InChI is InChI=1S/C16H17ClN2O3/c1-11-4-7-14(21-11)10-18-19-15(20)16(2,3)22-13-8-5-12(17)6-9-13/h4-10H,1-3H3,(H,19,20)/b18-10-. The minimum absolute atomic E-state index is 0.373. The number of halogens is 1. The van der Waals surface area contributed by atoms with Crippen molar-refractivity contribution in [1.29, 1.82) is 0 Å². The monoisotopic (exact) mass is 320 g/mol. The zero-order valence-electron chi connectivity index (χ0n) is 12.6. The molecule has 1 heterocycles. The Morgan fingerprint density at radius 1 is 1.27 bits per heavy atom. The number of benzene rings is 1. The maximum Gasteiger partial charge on any atom is 0.283 e. The van der Waals surface area contributed by atoms with Crippen molar-refractivity contribution >= 4 is 23.7 Å². The third-order valence-electron chi connectivity index (χ3n) is 2.85. The zero-order valence-corrected chi connectivity index (χ0v) is 13.3. The van der Waals surface area contributed by atoms with Crippen molar-refractivity contribution in [3.05, 3.63) is 52.9 Å². The Morgan fingerprint density at radius 3 is 2.55 bits per heavy atom. The predicted octanol–water partition coefficient (Wildman–Crippen LogP) is 3.55. The summed E-state index contributed by atoms with van der Waals surface area (Å²) in [6.45, 7) is 5.14. The maximum atomic E-state index is 12.1. The van der Waals surface area contributed by atoms with E-state index in [1.54, 1.807) is 44.2 Å². The molecule has 2 aromatic rings. The molecule has 0 saturated carbocycles. The van der Waals surface area contributed by atoms with Crippen molar-refractivity contribution in [1.82, 2.24) is 5.43 Å². The van der Waals surface area contributed by atoms with Crippen molar-refractivity contribution in [3.63, 3.8) is 0 Å². The molecule has 0 bridgehead atoms. The first-order valence-electron chi connectivity index (χ1n) is 6.71. The number of ether oxygens (including phenoxy) is 1. The molecule has 2 rings (SSSR count). The molecule has 0 unspecified atom stereocenters. The largest absolute Gasteiger partial charge is 0.478 e. The van der Waals surface area contributed by atoms with E-state index in [0.29, 0.717) is 16.5 Å². The summed E-state index contributed by atoms with van der Waals surface area (Å²) in [5.74, 6) is 1.52. The summed E-state index contributed by atoms with van der Waals surface area (Å²) in [7, 11) is 0. The Bertz CT molecular complexity index is 675. The van der Waals surface area contributed by atoms with Gasteiger partial charge in [0.2, 0.25) is 0 Å². The SMILES string of the molecule is Cc1ccc(/C=N\NC(=O)C(C)(C)Oc2ccc(Cl)cc2)o1. The molecule has 0 aliphatic heterocycles. The molecule has 0 spiro atoms. The molecule has 0 radical (unpaired) electrons. The highest BCUT2D eigenvalue weighted by Gasteiger charge is 2.29. The number of aryl methyl sites for hydroxylation is 1. The van der Waals surface area contributed by atoms with Gasteiger partial charge < -0.3 is 9.15 Å². The van der Waals surface area contributed by atoms with E-state index in [-0.39, 0.29) is 5.91 Å². The molecular formula is C16H17ClN2O3. The van der Waals surface area contributed by atoms with Gasteiger partial charge in [0.05, 0.1) is 6.21 Å². The summed E-state index contributed by atoms with van der Waals surface area (Å²) >= 11 is 5.81. The van der Waals surface area contributed by atoms with Crippen LogP contribution in [-0.2, 0) is 4.79 Å². The summed E-state index contributed by atoms with van der Waals surface area (Å²) in [5.41, 5.74) is 1.35. The van der Waals surface area contributed by atoms with Crippen molar-refractivity contribution in [2.24, 2.45) is 5.10 Å². The smallest absolute Gasteiger partial charge is 0.283 e. The van der Waals surface area contributed by atoms with E-state index in [9.17, 15) is 4.79 Å². The van der Waals surface area contributed by atoms with Gasteiger partial charge >= 0.3 is 0 Å². The van der Waals surface area contributed by atoms with Crippen LogP contribution in [-0.4, -0.2) is 17.7 Å². The van der Waals surface area contributed by atoms with E-state index in [1.165, 1.54) is 6.21 Å². The van der Waals surface area contributed by atoms with E-state index >= 15 is 0 Å². The summed E-state index contributed by atoms with van der Waals surface area (Å²) in [5, 5.41) is 4.46. The van der Waals surface area contributed by atoms with Crippen molar-refractivity contribution in [3.8, 4) is 5.75 Å². The lowest BCUT2D eigenvalue weighted by atomic mass is 10.1. The third kappa shape index (κ3) is 4.36. The van der Waals surface area contributed by atoms with Crippen LogP contribution in [0.25, 0.3) is 0 Å². The Labute approximate surface area is 133 Å². The number of rotatable bonds is 5. The minimum Gasteiger partial charge on any atom is -0.478 e. The molecule has 1 aromatic heterocycles. The molecule has 22 heavy (non-hydrogen) atoms. The first kappa shape index (κ1) is 16.1. The van der Waals surface area contributed by atoms with Gasteiger partial charge in [-0.05, 0) is 57.2 Å². The van der Waals surface area contributed by atoms with Gasteiger partial charge in [-0.1, -0.05) is 11.6 Å². The Morgan fingerprint density at radius 2 is 1.95 bits per heavy atom. The van der Waals surface area contributed by atoms with E-state index in [2.05, 4.69) is 10.5 Å². The van der Waals surface area contributed by atoms with Crippen molar-refractivity contribution < 1.29 is 13.9 Å². The summed E-state index contributed by atoms with van der Waals surface area (Å²) < 4.78 is 11.0. The number of hydrazone groups is 1. The molecule has 5 nitrogen and oxygen atoms in total. The number of carbonyl (C=O) groups is 1. The van der Waals surface area contributed by atoms with Crippen LogP contribution in [0.15, 0.2) is 45.9 Å². The van der Waals surface area contributed by atoms with E-state index in [4.69, 9.17) is 20.8 Å². The average molecular weight is 321 g/mol. The van der Waals surface area contributed by atoms with Gasteiger partial charge in [0, 0.05) is 5.02 Å². The van der Waals surface area contributed by atoms with Gasteiger partial charge in [-0.2, -0.15) is 5.10 Å². The Balaban J connectivity index is 1.94. The van der Waals surface area contributed by atoms with Crippen LogP contribution in [0.3, 0.4) is 0 Å². The van der Waals surface area contributed by atoms with Gasteiger partial charge in [-0.25, -0.2) is 5.43 Å². The lowest BCUT2D eigenvalue weighted by Gasteiger charge is -2.24. The van der Waals surface area contributed by atoms with Crippen LogP contribution in [0, 0.1) is 6.92 Å². The highest BCUT2D eigenvalue weighted by molar-refractivity contribution is 6.30. The van der Waals surface area contributed by atoms with E-state index < -0.39 is 5.60 Å². The van der Waals surface area contributed by atoms with Crippen LogP contribution in [0.4, 0.5) is 0 Å². The molecule has 0 atom stereocenters. The molecule has 0 aliphatic carbocycles. The summed E-state index contributed by atoms with van der Waals surface area (Å²) in [6, 6.07) is 10.4. The zero-order chi connectivity index (χ0) is 16.2. The van der Waals surface area contributed by atoms with Crippen LogP contribution >= 0.6 is 11.6 Å². The van der Waals surface area contributed by atoms with Crippen molar-refractivity contribution in [2.75, 3.05) is 0 Å². The van der Waals surface area contributed by atoms with Gasteiger partial charge in [0.25, 0.3) is 5.91 Å². The topological polar surface area (TPSA) is 63.8 Å². The van der Waals surface area contributed by atoms with Gasteiger partial charge in [-0.15, -0.1) is 0 Å². The maximum absolute atomic E-state index is 12.1. The van der Waals surface area contributed by atoms with Crippen molar-refractivity contribution in [2.45, 2.75) is 26.4 Å². The molecule has 0 aliphatic rings. The Hall–Kier alpha value is -2.27. The lowest BCUT2D eigenvalue weighted by Crippen LogP contribution is -2.44. The number of amides is 1. The van der Waals surface area contributed by atoms with E-state index in [1.807, 2.05) is 13.0 Å². The number of hydrogen-bond acceptors (Lipinski definition) is 4. The number of nitrogens with zero attached hydrogens (tertiary/aromatic N) is 1. The second-order valence-electron chi connectivity index (χ2n) is 5.21. The normalized spacial score (nSPS) is 11.6. The first-order chi connectivity index (χ1) is 10.4. The second-order valence-corrected chi connectivity index (χ2v) is 5.65. The van der Waals surface area contributed by atoms with Crippen LogP contribution in [0.5, 0.6) is 5.75 Å². The van der Waals surface area contributed by atoms with Crippen LogP contribution < -0.4 is 10.2 Å². The van der Waals surface area contributed by atoms with Gasteiger partial charge in [0.15, 0.2) is 5.60 Å².